The van der Waals surface area contributed by atoms with Crippen LogP contribution >= 0.6 is 0 Å². The molecule has 2 aliphatic heterocycles. The number of ether oxygens (including phenoxy) is 8. The maximum Gasteiger partial charge on any atom is 0.219 e. The standard InChI is InChI=1S/C35H69NO5.C21H41NO5/c1-7-8-9-10-11-12-13-14-15-16-17-18-19-22-25-33(37)36-26-23-20-21-24-27-38-34-31(6)41-32(28-39-29(2)3)35(34)40-30(4)5;1-7-19(23)22-12-10-8-9-11-13-24-20-17(6)27-18(14-25-15(2)3)21(20)26-16(4)5/h29-32,34-35H,7-28H2,1-6H3,(H,36,37);15-18,20-21H,7-14H2,1-6H3,(H,22,23)/t31-,32?,34-,35+;17-,18?,20-,21+/m00/s1. The molecule has 0 aliphatic carbocycles. The minimum absolute atomic E-state index is 0.00114. The molecule has 68 heavy (non-hydrogen) atoms. The molecule has 2 aliphatic rings. The number of nitrogens with one attached hydrogen (secondary N) is 2. The molecule has 0 aromatic carbocycles. The lowest BCUT2D eigenvalue weighted by atomic mass is 10.0. The molecule has 2 rings (SSSR count). The summed E-state index contributed by atoms with van der Waals surface area (Å²) in [4.78, 5) is 23.3. The first kappa shape index (κ1) is 64.6. The zero-order chi connectivity index (χ0) is 50.4. The van der Waals surface area contributed by atoms with Crippen LogP contribution < -0.4 is 10.6 Å². The molecule has 0 saturated carbocycles. The minimum atomic E-state index is -0.0984. The SMILES string of the molecule is CCC(=O)NCCCCCCO[C@H]1[C@H](C)OC(COC(C)C)[C@H]1OC(C)C.CCCCCCCCCCCCCCCCC(=O)NCCCCCCO[C@H]1[C@H](C)OC(COC(C)C)[C@H]1OC(C)C. The largest absolute Gasteiger partial charge is 0.376 e. The van der Waals surface area contributed by atoms with Gasteiger partial charge in [0.25, 0.3) is 0 Å². The van der Waals surface area contributed by atoms with Gasteiger partial charge in [-0.2, -0.15) is 0 Å². The predicted octanol–water partition coefficient (Wildman–Crippen LogP) is 12.4. The van der Waals surface area contributed by atoms with Gasteiger partial charge in [-0.3, -0.25) is 9.59 Å². The summed E-state index contributed by atoms with van der Waals surface area (Å²) in [5, 5.41) is 6.01. The highest BCUT2D eigenvalue weighted by molar-refractivity contribution is 5.75. The Balaban J connectivity index is 0.000000740. The summed E-state index contributed by atoms with van der Waals surface area (Å²) >= 11 is 0. The molecule has 12 nitrogen and oxygen atoms in total. The predicted molar refractivity (Wildman–Crippen MR) is 279 cm³/mol. The molecule has 404 valence electrons. The molecule has 8 atom stereocenters. The molecule has 0 spiro atoms. The number of carbonyl (C=O) groups is 2. The summed E-state index contributed by atoms with van der Waals surface area (Å²) in [5.74, 6) is 0.343. The first-order valence-electron chi connectivity index (χ1n) is 28.3. The maximum atomic E-state index is 12.1. The molecule has 2 N–H and O–H groups in total. The van der Waals surface area contributed by atoms with E-state index in [4.69, 9.17) is 37.9 Å². The van der Waals surface area contributed by atoms with Gasteiger partial charge in [0.15, 0.2) is 0 Å². The van der Waals surface area contributed by atoms with E-state index in [0.29, 0.717) is 39.3 Å². The van der Waals surface area contributed by atoms with Crippen LogP contribution in [0.15, 0.2) is 0 Å². The van der Waals surface area contributed by atoms with E-state index in [9.17, 15) is 9.59 Å². The fourth-order valence-corrected chi connectivity index (χ4v) is 8.83. The molecular weight excluding hydrogens is 861 g/mol. The quantitative estimate of drug-likeness (QED) is 0.0570. The average molecular weight is 971 g/mol. The van der Waals surface area contributed by atoms with Crippen LogP contribution in [0.5, 0.6) is 0 Å². The van der Waals surface area contributed by atoms with Crippen LogP contribution in [0, 0.1) is 0 Å². The van der Waals surface area contributed by atoms with Gasteiger partial charge >= 0.3 is 0 Å². The van der Waals surface area contributed by atoms with Crippen molar-refractivity contribution >= 4 is 11.8 Å². The van der Waals surface area contributed by atoms with Crippen molar-refractivity contribution in [2.75, 3.05) is 39.5 Å². The van der Waals surface area contributed by atoms with Crippen molar-refractivity contribution < 1.29 is 47.5 Å². The Kier molecular flexibility index (Phi) is 40.1. The Morgan fingerprint density at radius 3 is 1.16 bits per heavy atom. The van der Waals surface area contributed by atoms with E-state index in [1.54, 1.807) is 0 Å². The first-order chi connectivity index (χ1) is 32.7. The Hall–Kier alpha value is -1.38. The van der Waals surface area contributed by atoms with E-state index in [2.05, 4.69) is 38.3 Å². The highest BCUT2D eigenvalue weighted by Crippen LogP contribution is 2.30. The molecule has 2 fully saturated rings. The summed E-state index contributed by atoms with van der Waals surface area (Å²) < 4.78 is 48.5. The van der Waals surface area contributed by atoms with Gasteiger partial charge in [0.2, 0.25) is 11.8 Å². The van der Waals surface area contributed by atoms with Crippen LogP contribution in [0.4, 0.5) is 0 Å². The van der Waals surface area contributed by atoms with E-state index >= 15 is 0 Å². The Labute approximate surface area is 418 Å². The smallest absolute Gasteiger partial charge is 0.219 e. The van der Waals surface area contributed by atoms with Crippen molar-refractivity contribution in [2.45, 2.75) is 310 Å². The number of unbranched alkanes of at least 4 members (excludes halogenated alkanes) is 19. The third kappa shape index (κ3) is 33.3. The fourth-order valence-electron chi connectivity index (χ4n) is 8.83. The van der Waals surface area contributed by atoms with Crippen molar-refractivity contribution in [3.63, 3.8) is 0 Å². The lowest BCUT2D eigenvalue weighted by Gasteiger charge is -2.26. The molecule has 2 unspecified atom stereocenters. The number of rotatable bonds is 42. The highest BCUT2D eigenvalue weighted by Gasteiger charge is 2.45. The maximum absolute atomic E-state index is 12.1. The Morgan fingerprint density at radius 1 is 0.441 bits per heavy atom. The molecule has 0 bridgehead atoms. The normalized spacial score (nSPS) is 22.7. The van der Waals surface area contributed by atoms with Gasteiger partial charge in [0.1, 0.15) is 36.6 Å². The van der Waals surface area contributed by atoms with Crippen molar-refractivity contribution in [2.24, 2.45) is 0 Å². The molecule has 0 aromatic heterocycles. The van der Waals surface area contributed by atoms with Gasteiger partial charge in [-0.15, -0.1) is 0 Å². The molecular formula is C56H110N2O10. The summed E-state index contributed by atoms with van der Waals surface area (Å²) in [6.07, 6.45) is 28.6. The van der Waals surface area contributed by atoms with E-state index in [0.717, 1.165) is 70.9 Å². The molecule has 0 radical (unpaired) electrons. The second-order valence-electron chi connectivity index (χ2n) is 20.7. The van der Waals surface area contributed by atoms with Gasteiger partial charge in [-0.05, 0) is 101 Å². The van der Waals surface area contributed by atoms with Crippen LogP contribution in [0.3, 0.4) is 0 Å². The van der Waals surface area contributed by atoms with Gasteiger partial charge in [-0.25, -0.2) is 0 Å². The number of carbonyl (C=O) groups excluding carboxylic acids is 2. The summed E-state index contributed by atoms with van der Waals surface area (Å²) in [7, 11) is 0. The van der Waals surface area contributed by atoms with Crippen molar-refractivity contribution in [3.8, 4) is 0 Å². The highest BCUT2D eigenvalue weighted by atomic mass is 16.6. The van der Waals surface area contributed by atoms with E-state index in [-0.39, 0.29) is 85.1 Å². The number of hydrogen-bond donors (Lipinski definition) is 2. The molecule has 2 saturated heterocycles. The van der Waals surface area contributed by atoms with Crippen molar-refractivity contribution in [1.82, 2.24) is 10.6 Å². The topological polar surface area (TPSA) is 132 Å². The lowest BCUT2D eigenvalue weighted by Crippen LogP contribution is -2.40. The van der Waals surface area contributed by atoms with Crippen LogP contribution in [0.1, 0.15) is 237 Å². The molecule has 0 aromatic rings. The average Bonchev–Trinajstić information content (AvgIpc) is 3.75. The summed E-state index contributed by atoms with van der Waals surface area (Å²) in [5.41, 5.74) is 0. The van der Waals surface area contributed by atoms with Crippen LogP contribution in [-0.4, -0.2) is 125 Å². The van der Waals surface area contributed by atoms with E-state index in [1.165, 1.54) is 83.5 Å². The fraction of sp³-hybridized carbons (Fsp3) is 0.964. The van der Waals surface area contributed by atoms with E-state index in [1.807, 2.05) is 55.4 Å². The van der Waals surface area contributed by atoms with Gasteiger partial charge in [-0.1, -0.05) is 123 Å². The Morgan fingerprint density at radius 2 is 0.794 bits per heavy atom. The minimum Gasteiger partial charge on any atom is -0.376 e. The zero-order valence-electron chi connectivity index (χ0n) is 46.2. The third-order valence-electron chi connectivity index (χ3n) is 12.6. The van der Waals surface area contributed by atoms with Crippen LogP contribution in [0.25, 0.3) is 0 Å². The molecule has 2 amide bonds. The monoisotopic (exact) mass is 971 g/mol. The summed E-state index contributed by atoms with van der Waals surface area (Å²) in [6, 6.07) is 0. The molecule has 2 heterocycles. The number of amides is 2. The second kappa shape index (κ2) is 42.2. The Bertz CT molecular complexity index is 1170. The van der Waals surface area contributed by atoms with Gasteiger partial charge in [0.05, 0.1) is 49.8 Å². The first-order valence-corrected chi connectivity index (χ1v) is 28.3. The van der Waals surface area contributed by atoms with E-state index < -0.39 is 0 Å². The second-order valence-corrected chi connectivity index (χ2v) is 20.7. The zero-order valence-corrected chi connectivity index (χ0v) is 46.2. The van der Waals surface area contributed by atoms with Crippen LogP contribution in [-0.2, 0) is 47.5 Å². The summed E-state index contributed by atoms with van der Waals surface area (Å²) in [6.45, 7) is 28.6. The van der Waals surface area contributed by atoms with Gasteiger partial charge in [0, 0.05) is 39.1 Å². The van der Waals surface area contributed by atoms with Crippen LogP contribution in [0.2, 0.25) is 0 Å². The van der Waals surface area contributed by atoms with Gasteiger partial charge < -0.3 is 48.5 Å². The van der Waals surface area contributed by atoms with Crippen molar-refractivity contribution in [1.29, 1.82) is 0 Å². The third-order valence-corrected chi connectivity index (χ3v) is 12.6. The molecule has 12 heteroatoms. The van der Waals surface area contributed by atoms with Crippen molar-refractivity contribution in [3.05, 3.63) is 0 Å². The lowest BCUT2D eigenvalue weighted by molar-refractivity contribution is -0.121. The number of hydrogen-bond acceptors (Lipinski definition) is 10.